The molecule has 0 atom stereocenters. The number of rotatable bonds is 2. The molecule has 0 amide bonds. The highest BCUT2D eigenvalue weighted by molar-refractivity contribution is 6.11. The molecule has 3 nitrogen and oxygen atoms in total. The Balaban J connectivity index is 1.41. The van der Waals surface area contributed by atoms with Gasteiger partial charge in [0, 0.05) is 38.3 Å². The normalized spacial score (nSPS) is 15.3. The molecule has 2 aliphatic rings. The molecule has 2 aliphatic carbocycles. The predicted molar refractivity (Wildman–Crippen MR) is 177 cm³/mol. The number of fused-ring (bicyclic) bond motifs is 9. The van der Waals surface area contributed by atoms with Crippen LogP contribution in [0.3, 0.4) is 0 Å². The van der Waals surface area contributed by atoms with Crippen LogP contribution in [0.5, 0.6) is 0 Å². The van der Waals surface area contributed by atoms with E-state index in [9.17, 15) is 0 Å². The van der Waals surface area contributed by atoms with E-state index < -0.39 is 0 Å². The summed E-state index contributed by atoms with van der Waals surface area (Å²) in [6.07, 6.45) is 0. The average molecular weight is 554 g/mol. The fourth-order valence-corrected chi connectivity index (χ4v) is 7.89. The first-order valence-electron chi connectivity index (χ1n) is 15.1. The van der Waals surface area contributed by atoms with E-state index in [1.165, 1.54) is 49.7 Å². The number of aromatic nitrogens is 3. The van der Waals surface area contributed by atoms with Crippen LogP contribution < -0.4 is 0 Å². The van der Waals surface area contributed by atoms with Gasteiger partial charge in [0.1, 0.15) is 0 Å². The van der Waals surface area contributed by atoms with E-state index in [-0.39, 0.29) is 10.8 Å². The lowest BCUT2D eigenvalue weighted by Gasteiger charge is -2.24. The van der Waals surface area contributed by atoms with E-state index in [4.69, 9.17) is 9.97 Å². The van der Waals surface area contributed by atoms with Crippen LogP contribution in [-0.4, -0.2) is 14.5 Å². The number of hydrogen-bond donors (Lipinski definition) is 0. The standard InChI is InChI=1S/C40H31N3/c1-39(2)30-19-11-8-16-25(30)28-23-34-29(22-32(28)39)26-17-10-13-21-33(26)43(34)38-41-36(24-14-6-5-7-15-24)35-37(42-38)27-18-9-12-20-31(27)40(35,3)4/h5-23H,1-4H3. The van der Waals surface area contributed by atoms with Crippen molar-refractivity contribution in [3.05, 3.63) is 138 Å². The van der Waals surface area contributed by atoms with Crippen LogP contribution in [0, 0.1) is 0 Å². The van der Waals surface area contributed by atoms with Crippen molar-refractivity contribution in [2.75, 3.05) is 0 Å². The van der Waals surface area contributed by atoms with Crippen LogP contribution in [-0.2, 0) is 10.8 Å². The van der Waals surface area contributed by atoms with E-state index in [1.807, 2.05) is 0 Å². The summed E-state index contributed by atoms with van der Waals surface area (Å²) in [7, 11) is 0. The third-order valence-electron chi connectivity index (χ3n) is 10.0. The average Bonchev–Trinajstić information content (AvgIpc) is 3.57. The summed E-state index contributed by atoms with van der Waals surface area (Å²) in [5.74, 6) is 0.710. The van der Waals surface area contributed by atoms with E-state index >= 15 is 0 Å². The second kappa shape index (κ2) is 8.29. The highest BCUT2D eigenvalue weighted by Gasteiger charge is 2.40. The van der Waals surface area contributed by atoms with Crippen molar-refractivity contribution in [3.63, 3.8) is 0 Å². The Kier molecular flexibility index (Phi) is 4.74. The molecule has 0 spiro atoms. The summed E-state index contributed by atoms with van der Waals surface area (Å²) in [6, 6.07) is 41.7. The summed E-state index contributed by atoms with van der Waals surface area (Å²) >= 11 is 0. The van der Waals surface area contributed by atoms with Crippen molar-refractivity contribution in [1.29, 1.82) is 0 Å². The molecule has 0 N–H and O–H groups in total. The van der Waals surface area contributed by atoms with Gasteiger partial charge in [0.05, 0.1) is 22.4 Å². The lowest BCUT2D eigenvalue weighted by atomic mass is 9.81. The van der Waals surface area contributed by atoms with Crippen LogP contribution in [0.4, 0.5) is 0 Å². The van der Waals surface area contributed by atoms with Crippen LogP contribution in [0.1, 0.15) is 49.9 Å². The highest BCUT2D eigenvalue weighted by Crippen LogP contribution is 2.53. The number of para-hydroxylation sites is 1. The minimum atomic E-state index is -0.216. The predicted octanol–water partition coefficient (Wildman–Crippen LogP) is 9.85. The Hall–Kier alpha value is -5.02. The fourth-order valence-electron chi connectivity index (χ4n) is 7.89. The van der Waals surface area contributed by atoms with Gasteiger partial charge in [0.2, 0.25) is 5.95 Å². The molecule has 0 saturated carbocycles. The van der Waals surface area contributed by atoms with Gasteiger partial charge in [-0.1, -0.05) is 125 Å². The molecule has 0 aliphatic heterocycles. The summed E-state index contributed by atoms with van der Waals surface area (Å²) in [5, 5.41) is 2.46. The Morgan fingerprint density at radius 1 is 0.488 bits per heavy atom. The molecule has 9 rings (SSSR count). The first kappa shape index (κ1) is 24.6. The fraction of sp³-hybridized carbons (Fsp3) is 0.150. The maximum atomic E-state index is 5.45. The van der Waals surface area contributed by atoms with Gasteiger partial charge >= 0.3 is 0 Å². The minimum absolute atomic E-state index is 0.0663. The van der Waals surface area contributed by atoms with E-state index in [1.54, 1.807) is 0 Å². The zero-order valence-electron chi connectivity index (χ0n) is 24.8. The van der Waals surface area contributed by atoms with Crippen molar-refractivity contribution in [1.82, 2.24) is 14.5 Å². The van der Waals surface area contributed by atoms with Gasteiger partial charge in [0.25, 0.3) is 0 Å². The first-order chi connectivity index (χ1) is 20.9. The lowest BCUT2D eigenvalue weighted by Crippen LogP contribution is -2.18. The van der Waals surface area contributed by atoms with E-state index in [0.717, 1.165) is 28.0 Å². The van der Waals surface area contributed by atoms with Crippen molar-refractivity contribution in [3.8, 4) is 39.6 Å². The van der Waals surface area contributed by atoms with Gasteiger partial charge < -0.3 is 0 Å². The zero-order valence-corrected chi connectivity index (χ0v) is 24.8. The van der Waals surface area contributed by atoms with Crippen LogP contribution in [0.15, 0.2) is 115 Å². The molecule has 2 heterocycles. The molecule has 0 fully saturated rings. The topological polar surface area (TPSA) is 30.7 Å². The Morgan fingerprint density at radius 3 is 1.91 bits per heavy atom. The quantitative estimate of drug-likeness (QED) is 0.213. The molecule has 3 heteroatoms. The Bertz CT molecular complexity index is 2290. The Morgan fingerprint density at radius 2 is 1.12 bits per heavy atom. The van der Waals surface area contributed by atoms with Crippen molar-refractivity contribution in [2.24, 2.45) is 0 Å². The van der Waals surface area contributed by atoms with E-state index in [0.29, 0.717) is 5.95 Å². The van der Waals surface area contributed by atoms with Gasteiger partial charge in [-0.2, -0.15) is 0 Å². The minimum Gasteiger partial charge on any atom is -0.278 e. The largest absolute Gasteiger partial charge is 0.278 e. The van der Waals surface area contributed by atoms with Gasteiger partial charge in [-0.3, -0.25) is 4.57 Å². The molecule has 206 valence electrons. The second-order valence-electron chi connectivity index (χ2n) is 13.1. The van der Waals surface area contributed by atoms with Crippen LogP contribution >= 0.6 is 0 Å². The monoisotopic (exact) mass is 553 g/mol. The van der Waals surface area contributed by atoms with Gasteiger partial charge in [-0.15, -0.1) is 0 Å². The van der Waals surface area contributed by atoms with Crippen LogP contribution in [0.2, 0.25) is 0 Å². The summed E-state index contributed by atoms with van der Waals surface area (Å²) in [6.45, 7) is 9.29. The smallest absolute Gasteiger partial charge is 0.235 e. The molecule has 43 heavy (non-hydrogen) atoms. The molecule has 0 radical (unpaired) electrons. The SMILES string of the molecule is CC1(C)c2ccccc2-c2cc3c(cc21)c1ccccc1n3-c1nc(-c2ccccc2)c2c(n1)-c1ccccc1C2(C)C. The number of hydrogen-bond acceptors (Lipinski definition) is 2. The third-order valence-corrected chi connectivity index (χ3v) is 10.0. The summed E-state index contributed by atoms with van der Waals surface area (Å²) in [4.78, 5) is 10.9. The third kappa shape index (κ3) is 3.14. The Labute approximate surface area is 251 Å². The zero-order chi connectivity index (χ0) is 29.1. The van der Waals surface area contributed by atoms with Crippen molar-refractivity contribution >= 4 is 21.8 Å². The van der Waals surface area contributed by atoms with E-state index in [2.05, 4.69) is 148 Å². The molecule has 7 aromatic rings. The molecule has 0 bridgehead atoms. The van der Waals surface area contributed by atoms with Gasteiger partial charge in [0.15, 0.2) is 0 Å². The molecule has 0 unspecified atom stereocenters. The van der Waals surface area contributed by atoms with Crippen molar-refractivity contribution < 1.29 is 0 Å². The van der Waals surface area contributed by atoms with Gasteiger partial charge in [-0.25, -0.2) is 9.97 Å². The maximum Gasteiger partial charge on any atom is 0.235 e. The highest BCUT2D eigenvalue weighted by atomic mass is 15.2. The lowest BCUT2D eigenvalue weighted by molar-refractivity contribution is 0.657. The molecular weight excluding hydrogens is 522 g/mol. The molecule has 5 aromatic carbocycles. The molecule has 2 aromatic heterocycles. The summed E-state index contributed by atoms with van der Waals surface area (Å²) < 4.78 is 2.29. The number of nitrogens with zero attached hydrogens (tertiary/aromatic N) is 3. The number of benzene rings is 5. The first-order valence-corrected chi connectivity index (χ1v) is 15.1. The van der Waals surface area contributed by atoms with Gasteiger partial charge in [-0.05, 0) is 46.0 Å². The van der Waals surface area contributed by atoms with Crippen molar-refractivity contribution in [2.45, 2.75) is 38.5 Å². The molecular formula is C40H31N3. The second-order valence-corrected chi connectivity index (χ2v) is 13.1. The van der Waals surface area contributed by atoms with Crippen LogP contribution in [0.25, 0.3) is 61.4 Å². The maximum absolute atomic E-state index is 5.45. The molecule has 0 saturated heterocycles. The summed E-state index contributed by atoms with van der Waals surface area (Å²) in [5.41, 5.74) is 14.2.